The molecule has 1 saturated carbocycles. The van der Waals surface area contributed by atoms with Crippen molar-refractivity contribution >= 4 is 0 Å². The number of ether oxygens (including phenoxy) is 1. The van der Waals surface area contributed by atoms with Crippen molar-refractivity contribution in [2.75, 3.05) is 0 Å². The molecule has 1 aliphatic carbocycles. The van der Waals surface area contributed by atoms with Crippen LogP contribution in [0.25, 0.3) is 0 Å². The molecule has 1 N–H and O–H groups in total. The maximum Gasteiger partial charge on any atom is 0.185 e. The first-order valence-corrected chi connectivity index (χ1v) is 6.89. The molecule has 1 fully saturated rings. The topological polar surface area (TPSA) is 73.1 Å². The van der Waals surface area contributed by atoms with E-state index in [9.17, 15) is 5.11 Å². The summed E-state index contributed by atoms with van der Waals surface area (Å²) >= 11 is 0. The summed E-state index contributed by atoms with van der Waals surface area (Å²) in [4.78, 5) is 0. The number of hydrogen-bond acceptors (Lipinski definition) is 5. The molecule has 0 unspecified atom stereocenters. The van der Waals surface area contributed by atoms with Gasteiger partial charge in [-0.05, 0) is 41.7 Å². The molecule has 0 aliphatic heterocycles. The third kappa shape index (κ3) is 2.71. The molecule has 0 radical (unpaired) electrons. The van der Waals surface area contributed by atoms with Gasteiger partial charge in [0.15, 0.2) is 5.82 Å². The summed E-state index contributed by atoms with van der Waals surface area (Å²) in [6, 6.07) is 9.93. The maximum absolute atomic E-state index is 10.5. The van der Waals surface area contributed by atoms with Gasteiger partial charge >= 0.3 is 0 Å². The van der Waals surface area contributed by atoms with Gasteiger partial charge in [-0.2, -0.15) is 0 Å². The van der Waals surface area contributed by atoms with Crippen molar-refractivity contribution in [2.45, 2.75) is 44.6 Å². The molecule has 0 amide bonds. The standard InChI is InChI=1S/C14H18N4O2/c19-14(8-4-5-9-14)13-15-16-17-18(13)11-20-10-12-6-2-1-3-7-12/h1-3,6-7,19H,4-5,8-11H2. The molecule has 20 heavy (non-hydrogen) atoms. The van der Waals surface area contributed by atoms with Gasteiger partial charge in [0.1, 0.15) is 12.3 Å². The molecule has 0 spiro atoms. The van der Waals surface area contributed by atoms with Crippen LogP contribution < -0.4 is 0 Å². The van der Waals surface area contributed by atoms with Crippen LogP contribution in [0.3, 0.4) is 0 Å². The zero-order chi connectivity index (χ0) is 13.8. The summed E-state index contributed by atoms with van der Waals surface area (Å²) in [6.07, 6.45) is 3.45. The average molecular weight is 274 g/mol. The number of benzene rings is 1. The predicted molar refractivity (Wildman–Crippen MR) is 71.4 cm³/mol. The lowest BCUT2D eigenvalue weighted by molar-refractivity contribution is 0.00773. The molecule has 1 heterocycles. The molecule has 6 nitrogen and oxygen atoms in total. The van der Waals surface area contributed by atoms with Crippen molar-refractivity contribution in [2.24, 2.45) is 0 Å². The molecular formula is C14H18N4O2. The fourth-order valence-electron chi connectivity index (χ4n) is 2.63. The number of tetrazole rings is 1. The quantitative estimate of drug-likeness (QED) is 0.896. The molecule has 1 aromatic heterocycles. The summed E-state index contributed by atoms with van der Waals surface area (Å²) in [5.41, 5.74) is 0.210. The summed E-state index contributed by atoms with van der Waals surface area (Å²) in [7, 11) is 0. The second kappa shape index (κ2) is 5.68. The third-order valence-electron chi connectivity index (χ3n) is 3.70. The Morgan fingerprint density at radius 2 is 1.95 bits per heavy atom. The van der Waals surface area contributed by atoms with Gasteiger partial charge in [0.25, 0.3) is 0 Å². The van der Waals surface area contributed by atoms with Gasteiger partial charge in [-0.25, -0.2) is 4.68 Å². The van der Waals surface area contributed by atoms with E-state index in [1.54, 1.807) is 4.68 Å². The Kier molecular flexibility index (Phi) is 3.75. The number of hydrogen-bond donors (Lipinski definition) is 1. The van der Waals surface area contributed by atoms with Crippen molar-refractivity contribution in [3.8, 4) is 0 Å². The first-order valence-electron chi connectivity index (χ1n) is 6.89. The lowest BCUT2D eigenvalue weighted by atomic mass is 10.0. The lowest BCUT2D eigenvalue weighted by Crippen LogP contribution is -2.27. The molecule has 2 aromatic rings. The molecule has 3 rings (SSSR count). The number of nitrogens with zero attached hydrogens (tertiary/aromatic N) is 4. The highest BCUT2D eigenvalue weighted by atomic mass is 16.5. The molecule has 0 saturated heterocycles. The molecular weight excluding hydrogens is 256 g/mol. The van der Waals surface area contributed by atoms with Crippen LogP contribution in [0.2, 0.25) is 0 Å². The summed E-state index contributed by atoms with van der Waals surface area (Å²) < 4.78 is 7.17. The highest BCUT2D eigenvalue weighted by molar-refractivity contribution is 5.13. The Labute approximate surface area is 117 Å². The highest BCUT2D eigenvalue weighted by Crippen LogP contribution is 2.36. The minimum atomic E-state index is -0.889. The van der Waals surface area contributed by atoms with Gasteiger partial charge < -0.3 is 9.84 Å². The SMILES string of the molecule is OC1(c2nnnn2COCc2ccccc2)CCCC1. The zero-order valence-electron chi connectivity index (χ0n) is 11.3. The summed E-state index contributed by atoms with van der Waals surface area (Å²) in [6.45, 7) is 0.748. The number of aromatic nitrogens is 4. The fraction of sp³-hybridized carbons (Fsp3) is 0.500. The monoisotopic (exact) mass is 274 g/mol. The minimum Gasteiger partial charge on any atom is -0.382 e. The van der Waals surface area contributed by atoms with E-state index in [-0.39, 0.29) is 6.73 Å². The van der Waals surface area contributed by atoms with Crippen molar-refractivity contribution < 1.29 is 9.84 Å². The lowest BCUT2D eigenvalue weighted by Gasteiger charge is -2.20. The van der Waals surface area contributed by atoms with Crippen LogP contribution in [-0.4, -0.2) is 25.3 Å². The van der Waals surface area contributed by atoms with Crippen molar-refractivity contribution in [3.05, 3.63) is 41.7 Å². The van der Waals surface area contributed by atoms with E-state index < -0.39 is 5.60 Å². The van der Waals surface area contributed by atoms with Crippen LogP contribution in [0.1, 0.15) is 37.1 Å². The normalized spacial score (nSPS) is 17.4. The van der Waals surface area contributed by atoms with E-state index >= 15 is 0 Å². The van der Waals surface area contributed by atoms with Gasteiger partial charge in [-0.15, -0.1) is 5.10 Å². The Morgan fingerprint density at radius 3 is 2.70 bits per heavy atom. The van der Waals surface area contributed by atoms with Crippen molar-refractivity contribution in [1.82, 2.24) is 20.2 Å². The maximum atomic E-state index is 10.5. The molecule has 0 bridgehead atoms. The van der Waals surface area contributed by atoms with Gasteiger partial charge in [-0.3, -0.25) is 0 Å². The van der Waals surface area contributed by atoms with E-state index in [1.165, 1.54) is 0 Å². The number of aliphatic hydroxyl groups is 1. The number of rotatable bonds is 5. The Morgan fingerprint density at radius 1 is 1.20 bits per heavy atom. The van der Waals surface area contributed by atoms with Crippen molar-refractivity contribution in [3.63, 3.8) is 0 Å². The average Bonchev–Trinajstić information content (AvgIpc) is 3.10. The van der Waals surface area contributed by atoms with E-state index in [0.717, 1.165) is 18.4 Å². The Balaban J connectivity index is 1.62. The first-order chi connectivity index (χ1) is 9.78. The van der Waals surface area contributed by atoms with Crippen LogP contribution in [-0.2, 0) is 23.7 Å². The van der Waals surface area contributed by atoms with Gasteiger partial charge in [0, 0.05) is 0 Å². The van der Waals surface area contributed by atoms with Gasteiger partial charge in [-0.1, -0.05) is 30.3 Å². The summed E-state index contributed by atoms with van der Waals surface area (Å²) in [5.74, 6) is 0.517. The molecule has 1 aliphatic rings. The van der Waals surface area contributed by atoms with E-state index in [4.69, 9.17) is 4.74 Å². The van der Waals surface area contributed by atoms with Crippen LogP contribution in [0, 0.1) is 0 Å². The Bertz CT molecular complexity index is 549. The second-order valence-electron chi connectivity index (χ2n) is 5.20. The minimum absolute atomic E-state index is 0.250. The zero-order valence-corrected chi connectivity index (χ0v) is 11.3. The van der Waals surface area contributed by atoms with E-state index in [0.29, 0.717) is 25.3 Å². The highest BCUT2D eigenvalue weighted by Gasteiger charge is 2.38. The van der Waals surface area contributed by atoms with Crippen molar-refractivity contribution in [1.29, 1.82) is 0 Å². The van der Waals surface area contributed by atoms with E-state index in [2.05, 4.69) is 15.5 Å². The predicted octanol–water partition coefficient (Wildman–Crippen LogP) is 1.61. The van der Waals surface area contributed by atoms with Crippen LogP contribution in [0.5, 0.6) is 0 Å². The van der Waals surface area contributed by atoms with Crippen LogP contribution in [0.15, 0.2) is 30.3 Å². The summed E-state index contributed by atoms with van der Waals surface area (Å²) in [5, 5.41) is 22.1. The van der Waals surface area contributed by atoms with E-state index in [1.807, 2.05) is 30.3 Å². The fourth-order valence-corrected chi connectivity index (χ4v) is 2.63. The third-order valence-corrected chi connectivity index (χ3v) is 3.70. The first kappa shape index (κ1) is 13.2. The van der Waals surface area contributed by atoms with Gasteiger partial charge in [0.2, 0.25) is 0 Å². The van der Waals surface area contributed by atoms with Crippen LogP contribution >= 0.6 is 0 Å². The molecule has 6 heteroatoms. The molecule has 1 aromatic carbocycles. The van der Waals surface area contributed by atoms with Crippen LogP contribution in [0.4, 0.5) is 0 Å². The second-order valence-corrected chi connectivity index (χ2v) is 5.20. The van der Waals surface area contributed by atoms with Gasteiger partial charge in [0.05, 0.1) is 6.61 Å². The smallest absolute Gasteiger partial charge is 0.185 e. The Hall–Kier alpha value is -1.79. The molecule has 106 valence electrons. The largest absolute Gasteiger partial charge is 0.382 e. The molecule has 0 atom stereocenters.